The van der Waals surface area contributed by atoms with Crippen molar-refractivity contribution in [3.8, 4) is 11.5 Å². The van der Waals surface area contributed by atoms with Crippen LogP contribution in [0.1, 0.15) is 11.1 Å². The maximum absolute atomic E-state index is 13.6. The van der Waals surface area contributed by atoms with Crippen LogP contribution in [0.2, 0.25) is 5.02 Å². The van der Waals surface area contributed by atoms with Gasteiger partial charge in [0.15, 0.2) is 11.5 Å². The fraction of sp³-hybridized carbons (Fsp3) is 0.133. The van der Waals surface area contributed by atoms with Gasteiger partial charge in [0.1, 0.15) is 12.4 Å². The third-order valence-corrected chi connectivity index (χ3v) is 3.07. The fourth-order valence-electron chi connectivity index (χ4n) is 1.79. The molecule has 0 atom stereocenters. The molecular weight excluding hydrogens is 297 g/mol. The molecule has 0 aliphatic rings. The van der Waals surface area contributed by atoms with Gasteiger partial charge in [-0.1, -0.05) is 35.0 Å². The highest BCUT2D eigenvalue weighted by Crippen LogP contribution is 2.36. The zero-order valence-electron chi connectivity index (χ0n) is 11.2. The van der Waals surface area contributed by atoms with Crippen LogP contribution in [0.15, 0.2) is 41.6 Å². The molecule has 110 valence electrons. The van der Waals surface area contributed by atoms with E-state index in [1.54, 1.807) is 30.3 Å². The van der Waals surface area contributed by atoms with Gasteiger partial charge in [0.05, 0.1) is 18.3 Å². The number of oxime groups is 1. The first-order chi connectivity index (χ1) is 10.2. The van der Waals surface area contributed by atoms with Gasteiger partial charge in [0, 0.05) is 11.1 Å². The lowest BCUT2D eigenvalue weighted by molar-refractivity contribution is 0.280. The van der Waals surface area contributed by atoms with E-state index in [2.05, 4.69) is 5.16 Å². The standard InChI is InChI=1S/C15H13ClFNO3/c1-20-14-7-10(8-18-19)6-12(16)15(14)21-9-11-4-2-3-5-13(11)17/h2-8,19H,9H2,1H3/b18-8-. The largest absolute Gasteiger partial charge is 0.493 e. The number of hydrogen-bond donors (Lipinski definition) is 1. The minimum Gasteiger partial charge on any atom is -0.493 e. The Balaban J connectivity index is 2.25. The number of benzene rings is 2. The average Bonchev–Trinajstić information content (AvgIpc) is 2.47. The molecule has 4 nitrogen and oxygen atoms in total. The van der Waals surface area contributed by atoms with Crippen molar-refractivity contribution < 1.29 is 19.1 Å². The maximum Gasteiger partial charge on any atom is 0.180 e. The molecule has 0 amide bonds. The van der Waals surface area contributed by atoms with Gasteiger partial charge in [-0.15, -0.1) is 0 Å². The van der Waals surface area contributed by atoms with E-state index in [-0.39, 0.29) is 17.4 Å². The summed E-state index contributed by atoms with van der Waals surface area (Å²) in [6.07, 6.45) is 1.22. The maximum atomic E-state index is 13.6. The lowest BCUT2D eigenvalue weighted by atomic mass is 10.2. The predicted molar refractivity (Wildman–Crippen MR) is 78.1 cm³/mol. The monoisotopic (exact) mass is 309 g/mol. The molecule has 0 radical (unpaired) electrons. The van der Waals surface area contributed by atoms with Crippen LogP contribution in [0.4, 0.5) is 4.39 Å². The molecule has 0 aliphatic heterocycles. The summed E-state index contributed by atoms with van der Waals surface area (Å²) in [5, 5.41) is 11.7. The van der Waals surface area contributed by atoms with E-state index in [0.717, 1.165) is 0 Å². The van der Waals surface area contributed by atoms with Crippen LogP contribution < -0.4 is 9.47 Å². The van der Waals surface area contributed by atoms with Gasteiger partial charge in [-0.05, 0) is 18.2 Å². The summed E-state index contributed by atoms with van der Waals surface area (Å²) in [5.74, 6) is 0.322. The van der Waals surface area contributed by atoms with Gasteiger partial charge < -0.3 is 14.7 Å². The van der Waals surface area contributed by atoms with Crippen molar-refractivity contribution in [1.29, 1.82) is 0 Å². The Morgan fingerprint density at radius 1 is 1.33 bits per heavy atom. The molecule has 0 saturated heterocycles. The second-order valence-corrected chi connectivity index (χ2v) is 4.57. The molecule has 2 aromatic carbocycles. The second kappa shape index (κ2) is 6.95. The molecule has 6 heteroatoms. The van der Waals surface area contributed by atoms with Crippen molar-refractivity contribution in [2.45, 2.75) is 6.61 Å². The van der Waals surface area contributed by atoms with E-state index in [1.165, 1.54) is 19.4 Å². The van der Waals surface area contributed by atoms with E-state index < -0.39 is 0 Å². The number of methoxy groups -OCH3 is 1. The summed E-state index contributed by atoms with van der Waals surface area (Å²) in [6, 6.07) is 9.47. The molecule has 0 aliphatic carbocycles. The third-order valence-electron chi connectivity index (χ3n) is 2.79. The highest BCUT2D eigenvalue weighted by Gasteiger charge is 2.12. The van der Waals surface area contributed by atoms with E-state index in [9.17, 15) is 4.39 Å². The third kappa shape index (κ3) is 3.64. The number of nitrogens with zero attached hydrogens (tertiary/aromatic N) is 1. The highest BCUT2D eigenvalue weighted by molar-refractivity contribution is 6.32. The summed E-state index contributed by atoms with van der Waals surface area (Å²) in [4.78, 5) is 0. The SMILES string of the molecule is COc1cc(/C=N\O)cc(Cl)c1OCc1ccccc1F. The molecule has 21 heavy (non-hydrogen) atoms. The van der Waals surface area contributed by atoms with E-state index in [0.29, 0.717) is 22.6 Å². The van der Waals surface area contributed by atoms with Crippen LogP contribution in [-0.2, 0) is 6.61 Å². The zero-order chi connectivity index (χ0) is 15.2. The number of halogens is 2. The van der Waals surface area contributed by atoms with Crippen LogP contribution in [0.3, 0.4) is 0 Å². The van der Waals surface area contributed by atoms with Crippen LogP contribution in [0.25, 0.3) is 0 Å². The van der Waals surface area contributed by atoms with Crippen LogP contribution in [-0.4, -0.2) is 18.5 Å². The summed E-state index contributed by atoms with van der Waals surface area (Å²) in [5.41, 5.74) is 0.967. The Bertz CT molecular complexity index is 661. The minimum absolute atomic E-state index is 0.0240. The van der Waals surface area contributed by atoms with Gasteiger partial charge in [-0.25, -0.2) is 4.39 Å². The molecule has 2 aromatic rings. The summed E-state index contributed by atoms with van der Waals surface area (Å²) < 4.78 is 24.3. The predicted octanol–water partition coefficient (Wildman–Crippen LogP) is 3.87. The van der Waals surface area contributed by atoms with Gasteiger partial charge in [0.2, 0.25) is 0 Å². The Hall–Kier alpha value is -2.27. The number of ether oxygens (including phenoxy) is 2. The number of hydrogen-bond acceptors (Lipinski definition) is 4. The molecule has 0 unspecified atom stereocenters. The van der Waals surface area contributed by atoms with Gasteiger partial charge in [0.25, 0.3) is 0 Å². The highest BCUT2D eigenvalue weighted by atomic mass is 35.5. The van der Waals surface area contributed by atoms with E-state index in [1.807, 2.05) is 0 Å². The number of rotatable bonds is 5. The Kier molecular flexibility index (Phi) is 5.00. The fourth-order valence-corrected chi connectivity index (χ4v) is 2.06. The van der Waals surface area contributed by atoms with Gasteiger partial charge in [-0.3, -0.25) is 0 Å². The summed E-state index contributed by atoms with van der Waals surface area (Å²) >= 11 is 6.11. The summed E-state index contributed by atoms with van der Waals surface area (Å²) in [6.45, 7) is 0.0240. The van der Waals surface area contributed by atoms with Crippen molar-refractivity contribution in [1.82, 2.24) is 0 Å². The smallest absolute Gasteiger partial charge is 0.180 e. The van der Waals surface area contributed by atoms with Crippen LogP contribution in [0.5, 0.6) is 11.5 Å². The molecule has 0 spiro atoms. The van der Waals surface area contributed by atoms with Gasteiger partial charge in [-0.2, -0.15) is 0 Å². The minimum atomic E-state index is -0.350. The normalized spacial score (nSPS) is 10.8. The van der Waals surface area contributed by atoms with Crippen molar-refractivity contribution in [2.24, 2.45) is 5.16 Å². The summed E-state index contributed by atoms with van der Waals surface area (Å²) in [7, 11) is 1.46. The first kappa shape index (κ1) is 15.1. The second-order valence-electron chi connectivity index (χ2n) is 4.16. The van der Waals surface area contributed by atoms with Crippen molar-refractivity contribution in [3.05, 3.63) is 58.4 Å². The van der Waals surface area contributed by atoms with Crippen LogP contribution in [0, 0.1) is 5.82 Å². The van der Waals surface area contributed by atoms with Crippen molar-refractivity contribution in [2.75, 3.05) is 7.11 Å². The lowest BCUT2D eigenvalue weighted by Gasteiger charge is -2.13. The molecule has 1 N–H and O–H groups in total. The van der Waals surface area contributed by atoms with E-state index in [4.69, 9.17) is 26.3 Å². The first-order valence-electron chi connectivity index (χ1n) is 6.07. The Labute approximate surface area is 126 Å². The van der Waals surface area contributed by atoms with Crippen molar-refractivity contribution in [3.63, 3.8) is 0 Å². The molecular formula is C15H13ClFNO3. The van der Waals surface area contributed by atoms with Crippen molar-refractivity contribution >= 4 is 17.8 Å². The molecule has 0 heterocycles. The van der Waals surface area contributed by atoms with Gasteiger partial charge >= 0.3 is 0 Å². The lowest BCUT2D eigenvalue weighted by Crippen LogP contribution is -2.01. The quantitative estimate of drug-likeness (QED) is 0.518. The first-order valence-corrected chi connectivity index (χ1v) is 6.44. The molecule has 0 aromatic heterocycles. The van der Waals surface area contributed by atoms with E-state index >= 15 is 0 Å². The zero-order valence-corrected chi connectivity index (χ0v) is 12.0. The van der Waals surface area contributed by atoms with Crippen LogP contribution >= 0.6 is 11.6 Å². The molecule has 2 rings (SSSR count). The molecule has 0 saturated carbocycles. The molecule has 0 bridgehead atoms. The Morgan fingerprint density at radius 2 is 2.10 bits per heavy atom. The topological polar surface area (TPSA) is 51.0 Å². The molecule has 0 fully saturated rings. The Morgan fingerprint density at radius 3 is 2.76 bits per heavy atom. The average molecular weight is 310 g/mol.